The van der Waals surface area contributed by atoms with Crippen molar-refractivity contribution in [3.8, 4) is 11.1 Å². The molecule has 1 aliphatic heterocycles. The Morgan fingerprint density at radius 3 is 3.00 bits per heavy atom. The summed E-state index contributed by atoms with van der Waals surface area (Å²) in [4.78, 5) is 28.8. The highest BCUT2D eigenvalue weighted by molar-refractivity contribution is 5.90. The molecule has 0 unspecified atom stereocenters. The van der Waals surface area contributed by atoms with Crippen molar-refractivity contribution in [1.29, 1.82) is 0 Å². The third-order valence-corrected chi connectivity index (χ3v) is 4.51. The minimum absolute atomic E-state index is 0.111. The largest absolute Gasteiger partial charge is 0.453 e. The quantitative estimate of drug-likeness (QED) is 0.748. The predicted molar refractivity (Wildman–Crippen MR) is 98.6 cm³/mol. The van der Waals surface area contributed by atoms with Gasteiger partial charge in [0.25, 0.3) is 0 Å². The fraction of sp³-hybridized carbons (Fsp3) is 0.211. The first-order valence-electron chi connectivity index (χ1n) is 8.58. The van der Waals surface area contributed by atoms with Crippen molar-refractivity contribution in [2.24, 2.45) is 0 Å². The van der Waals surface area contributed by atoms with Gasteiger partial charge in [0.2, 0.25) is 0 Å². The number of carbonyl (C=O) groups is 2. The molecule has 9 heteroatoms. The number of alkyl carbamates (subject to hydrolysis) is 1. The lowest BCUT2D eigenvalue weighted by molar-refractivity contribution is 0.132. The van der Waals surface area contributed by atoms with E-state index in [-0.39, 0.29) is 13.1 Å². The molecule has 144 valence electrons. The number of halogens is 1. The lowest BCUT2D eigenvalue weighted by Gasteiger charge is -2.14. The Morgan fingerprint density at radius 2 is 2.21 bits per heavy atom. The number of cyclic esters (lactones) is 1. The van der Waals surface area contributed by atoms with E-state index in [1.807, 2.05) is 16.8 Å². The van der Waals surface area contributed by atoms with E-state index in [1.165, 1.54) is 18.1 Å². The van der Waals surface area contributed by atoms with Crippen LogP contribution in [0.1, 0.15) is 0 Å². The molecule has 3 aromatic rings. The SMILES string of the molecule is COC(=O)NC[C@H]1CN(c2ccc(-c3ccn4ccnc4c3)c(F)c2)C(=O)O1. The van der Waals surface area contributed by atoms with Crippen LogP contribution in [-0.4, -0.2) is 47.9 Å². The molecule has 1 atom stereocenters. The molecule has 8 nitrogen and oxygen atoms in total. The number of nitrogens with zero attached hydrogens (tertiary/aromatic N) is 3. The number of amides is 2. The van der Waals surface area contributed by atoms with Gasteiger partial charge in [-0.2, -0.15) is 0 Å². The molecule has 0 saturated carbocycles. The molecule has 1 fully saturated rings. The van der Waals surface area contributed by atoms with E-state index in [0.29, 0.717) is 22.5 Å². The average Bonchev–Trinajstić information content (AvgIpc) is 3.31. The first-order valence-corrected chi connectivity index (χ1v) is 8.58. The summed E-state index contributed by atoms with van der Waals surface area (Å²) in [5.41, 5.74) is 2.19. The maximum absolute atomic E-state index is 14.8. The maximum atomic E-state index is 14.8. The van der Waals surface area contributed by atoms with Gasteiger partial charge < -0.3 is 19.2 Å². The van der Waals surface area contributed by atoms with Gasteiger partial charge in [-0.3, -0.25) is 4.90 Å². The van der Waals surface area contributed by atoms with Gasteiger partial charge >= 0.3 is 12.2 Å². The third-order valence-electron chi connectivity index (χ3n) is 4.51. The first kappa shape index (κ1) is 17.8. The molecule has 0 bridgehead atoms. The highest BCUT2D eigenvalue weighted by Crippen LogP contribution is 2.29. The molecule has 1 aliphatic rings. The zero-order valence-corrected chi connectivity index (χ0v) is 15.0. The Bertz CT molecular complexity index is 1050. The number of hydrogen-bond donors (Lipinski definition) is 1. The van der Waals surface area contributed by atoms with Crippen LogP contribution in [-0.2, 0) is 9.47 Å². The van der Waals surface area contributed by atoms with Crippen molar-refractivity contribution < 1.29 is 23.5 Å². The molecule has 0 radical (unpaired) electrons. The van der Waals surface area contributed by atoms with Gasteiger partial charge in [0, 0.05) is 24.2 Å². The monoisotopic (exact) mass is 384 g/mol. The molecule has 0 aliphatic carbocycles. The topological polar surface area (TPSA) is 85.2 Å². The van der Waals surface area contributed by atoms with Crippen LogP contribution < -0.4 is 10.2 Å². The number of benzene rings is 1. The van der Waals surface area contributed by atoms with Crippen LogP contribution >= 0.6 is 0 Å². The zero-order chi connectivity index (χ0) is 19.7. The predicted octanol–water partition coefficient (Wildman–Crippen LogP) is 2.82. The summed E-state index contributed by atoms with van der Waals surface area (Å²) in [6, 6.07) is 8.16. The lowest BCUT2D eigenvalue weighted by Crippen LogP contribution is -2.34. The number of fused-ring (bicyclic) bond motifs is 1. The molecule has 2 amide bonds. The fourth-order valence-electron chi connectivity index (χ4n) is 3.09. The Hall–Kier alpha value is -3.62. The van der Waals surface area contributed by atoms with E-state index in [4.69, 9.17) is 4.74 Å². The summed E-state index contributed by atoms with van der Waals surface area (Å²) in [6.45, 7) is 0.307. The number of imidazole rings is 1. The number of pyridine rings is 1. The number of hydrogen-bond acceptors (Lipinski definition) is 5. The van der Waals surface area contributed by atoms with Crippen molar-refractivity contribution >= 4 is 23.5 Å². The normalized spacial score (nSPS) is 16.3. The second-order valence-corrected chi connectivity index (χ2v) is 6.26. The van der Waals surface area contributed by atoms with E-state index in [2.05, 4.69) is 15.0 Å². The summed E-state index contributed by atoms with van der Waals surface area (Å²) in [5.74, 6) is -0.461. The van der Waals surface area contributed by atoms with E-state index in [0.717, 1.165) is 0 Å². The number of aromatic nitrogens is 2. The first-order chi connectivity index (χ1) is 13.5. The Labute approximate surface area is 159 Å². The minimum atomic E-state index is -0.612. The van der Waals surface area contributed by atoms with Crippen LogP contribution in [0.5, 0.6) is 0 Å². The summed E-state index contributed by atoms with van der Waals surface area (Å²) in [7, 11) is 1.25. The highest BCUT2D eigenvalue weighted by atomic mass is 19.1. The molecule has 1 N–H and O–H groups in total. The zero-order valence-electron chi connectivity index (χ0n) is 15.0. The molecular weight excluding hydrogens is 367 g/mol. The van der Waals surface area contributed by atoms with Gasteiger partial charge in [-0.05, 0) is 35.9 Å². The lowest BCUT2D eigenvalue weighted by atomic mass is 10.1. The van der Waals surface area contributed by atoms with Crippen LogP contribution in [0.25, 0.3) is 16.8 Å². The van der Waals surface area contributed by atoms with E-state index in [1.54, 1.807) is 30.5 Å². The fourth-order valence-corrected chi connectivity index (χ4v) is 3.09. The van der Waals surface area contributed by atoms with Crippen LogP contribution in [0.4, 0.5) is 19.7 Å². The average molecular weight is 384 g/mol. The minimum Gasteiger partial charge on any atom is -0.453 e. The van der Waals surface area contributed by atoms with Crippen LogP contribution in [0.3, 0.4) is 0 Å². The highest BCUT2D eigenvalue weighted by Gasteiger charge is 2.33. The van der Waals surface area contributed by atoms with Crippen molar-refractivity contribution in [2.75, 3.05) is 25.1 Å². The van der Waals surface area contributed by atoms with Crippen LogP contribution in [0, 0.1) is 5.82 Å². The number of ether oxygens (including phenoxy) is 2. The van der Waals surface area contributed by atoms with Gasteiger partial charge in [-0.25, -0.2) is 19.0 Å². The summed E-state index contributed by atoms with van der Waals surface area (Å²) in [6.07, 6.45) is 3.53. The van der Waals surface area contributed by atoms with Crippen molar-refractivity contribution in [3.05, 3.63) is 54.7 Å². The number of nitrogens with one attached hydrogen (secondary N) is 1. The number of anilines is 1. The van der Waals surface area contributed by atoms with Crippen molar-refractivity contribution in [2.45, 2.75) is 6.10 Å². The standard InChI is InChI=1S/C19H17FN4O4/c1-27-18(25)22-10-14-11-24(19(26)28-14)13-2-3-15(16(20)9-13)12-4-6-23-7-5-21-17(23)8-12/h2-9,14H,10-11H2,1H3,(H,22,25)/t14-/m0/s1. The second-order valence-electron chi connectivity index (χ2n) is 6.26. The second kappa shape index (κ2) is 7.18. The molecular formula is C19H17FN4O4. The van der Waals surface area contributed by atoms with E-state index >= 15 is 0 Å². The van der Waals surface area contributed by atoms with Gasteiger partial charge in [-0.1, -0.05) is 0 Å². The summed E-state index contributed by atoms with van der Waals surface area (Å²) < 4.78 is 26.3. The molecule has 0 spiro atoms. The Morgan fingerprint density at radius 1 is 1.36 bits per heavy atom. The van der Waals surface area contributed by atoms with Crippen molar-refractivity contribution in [3.63, 3.8) is 0 Å². The number of rotatable bonds is 4. The Balaban J connectivity index is 1.52. The van der Waals surface area contributed by atoms with Gasteiger partial charge in [0.15, 0.2) is 0 Å². The molecule has 28 heavy (non-hydrogen) atoms. The molecule has 2 aromatic heterocycles. The molecule has 1 saturated heterocycles. The third kappa shape index (κ3) is 3.34. The molecule has 3 heterocycles. The smallest absolute Gasteiger partial charge is 0.414 e. The maximum Gasteiger partial charge on any atom is 0.414 e. The van der Waals surface area contributed by atoms with Crippen molar-refractivity contribution in [1.82, 2.24) is 14.7 Å². The Kier molecular flexibility index (Phi) is 4.56. The molecule has 4 rings (SSSR count). The number of methoxy groups -OCH3 is 1. The van der Waals surface area contributed by atoms with Gasteiger partial charge in [0.05, 0.1) is 25.9 Å². The number of carbonyl (C=O) groups excluding carboxylic acids is 2. The van der Waals surface area contributed by atoms with Gasteiger partial charge in [-0.15, -0.1) is 0 Å². The van der Waals surface area contributed by atoms with Crippen LogP contribution in [0.2, 0.25) is 0 Å². The molecule has 1 aromatic carbocycles. The summed E-state index contributed by atoms with van der Waals surface area (Å²) >= 11 is 0. The van der Waals surface area contributed by atoms with Gasteiger partial charge in [0.1, 0.15) is 17.6 Å². The summed E-state index contributed by atoms with van der Waals surface area (Å²) in [5, 5.41) is 2.47. The van der Waals surface area contributed by atoms with E-state index < -0.39 is 24.1 Å². The van der Waals surface area contributed by atoms with E-state index in [9.17, 15) is 14.0 Å². The van der Waals surface area contributed by atoms with Crippen LogP contribution in [0.15, 0.2) is 48.9 Å².